The molecule has 1 heterocycles. The highest BCUT2D eigenvalue weighted by Crippen LogP contribution is 2.38. The molecule has 1 aliphatic heterocycles. The van der Waals surface area contributed by atoms with Gasteiger partial charge in [0.15, 0.2) is 5.78 Å². The Morgan fingerprint density at radius 1 is 1.25 bits per heavy atom. The number of halogens is 2. The monoisotopic (exact) mass is 298 g/mol. The third-order valence-corrected chi connectivity index (χ3v) is 4.19. The molecule has 0 unspecified atom stereocenters. The van der Waals surface area contributed by atoms with Gasteiger partial charge in [-0.2, -0.15) is 0 Å². The van der Waals surface area contributed by atoms with Gasteiger partial charge in [-0.15, -0.1) is 0 Å². The Kier molecular flexibility index (Phi) is 3.97. The number of hydrogen-bond donors (Lipinski definition) is 0. The van der Waals surface area contributed by atoms with E-state index in [9.17, 15) is 9.18 Å². The van der Waals surface area contributed by atoms with Gasteiger partial charge in [0.1, 0.15) is 5.82 Å². The summed E-state index contributed by atoms with van der Waals surface area (Å²) < 4.78 is 24.6. The topological polar surface area (TPSA) is 35.5 Å². The Hall–Kier alpha value is -0.905. The van der Waals surface area contributed by atoms with Crippen molar-refractivity contribution >= 4 is 24.5 Å². The second-order valence-electron chi connectivity index (χ2n) is 5.94. The Labute approximate surface area is 123 Å². The van der Waals surface area contributed by atoms with E-state index in [0.717, 1.165) is 0 Å². The highest BCUT2D eigenvalue weighted by atomic mass is 35.5. The van der Waals surface area contributed by atoms with Crippen LogP contribution in [0.5, 0.6) is 0 Å². The lowest BCUT2D eigenvalue weighted by Crippen LogP contribution is -2.41. The minimum atomic E-state index is -0.601. The molecule has 1 saturated heterocycles. The zero-order valence-electron chi connectivity index (χ0n) is 12.0. The summed E-state index contributed by atoms with van der Waals surface area (Å²) in [5.41, 5.74) is -0.595. The van der Waals surface area contributed by atoms with Gasteiger partial charge in [0, 0.05) is 11.9 Å². The molecule has 0 atom stereocenters. The number of benzene rings is 1. The van der Waals surface area contributed by atoms with Crippen LogP contribution in [0.25, 0.3) is 0 Å². The molecule has 1 aromatic carbocycles. The first-order valence-electron chi connectivity index (χ1n) is 6.46. The van der Waals surface area contributed by atoms with Crippen LogP contribution in [0.15, 0.2) is 18.2 Å². The van der Waals surface area contributed by atoms with Gasteiger partial charge in [-0.05, 0) is 45.9 Å². The molecule has 6 heteroatoms. The zero-order valence-corrected chi connectivity index (χ0v) is 12.8. The van der Waals surface area contributed by atoms with Crippen molar-refractivity contribution in [2.45, 2.75) is 45.2 Å². The maximum absolute atomic E-state index is 13.1. The van der Waals surface area contributed by atoms with Crippen LogP contribution < -0.4 is 0 Å². The van der Waals surface area contributed by atoms with Crippen molar-refractivity contribution in [2.75, 3.05) is 0 Å². The molecule has 1 aromatic rings. The smallest absolute Gasteiger partial charge is 0.403 e. The standard InChI is InChI=1S/C14H17BClFO3/c1-13(2)14(3,4)20-15(19-13)8-12(18)9-5-6-11(17)10(16)7-9/h5-7H,8H2,1-4H3. The molecule has 3 nitrogen and oxygen atoms in total. The Balaban J connectivity index is 2.08. The van der Waals surface area contributed by atoms with E-state index in [1.165, 1.54) is 18.2 Å². The van der Waals surface area contributed by atoms with Crippen molar-refractivity contribution in [3.8, 4) is 0 Å². The van der Waals surface area contributed by atoms with Crippen molar-refractivity contribution in [3.05, 3.63) is 34.6 Å². The lowest BCUT2D eigenvalue weighted by Gasteiger charge is -2.32. The number of hydrogen-bond acceptors (Lipinski definition) is 3. The normalized spacial score (nSPS) is 20.2. The van der Waals surface area contributed by atoms with E-state index in [2.05, 4.69) is 0 Å². The zero-order chi connectivity index (χ0) is 15.1. The van der Waals surface area contributed by atoms with Gasteiger partial charge in [0.05, 0.1) is 16.2 Å². The van der Waals surface area contributed by atoms with Crippen LogP contribution in [0.2, 0.25) is 11.3 Å². The molecule has 108 valence electrons. The fraction of sp³-hybridized carbons (Fsp3) is 0.500. The van der Waals surface area contributed by atoms with Crippen molar-refractivity contribution in [1.82, 2.24) is 0 Å². The van der Waals surface area contributed by atoms with E-state index < -0.39 is 24.1 Å². The van der Waals surface area contributed by atoms with Crippen LogP contribution in [-0.4, -0.2) is 24.1 Å². The molecular weight excluding hydrogens is 281 g/mol. The van der Waals surface area contributed by atoms with E-state index in [1.54, 1.807) is 0 Å². The van der Waals surface area contributed by atoms with Crippen molar-refractivity contribution in [3.63, 3.8) is 0 Å². The highest BCUT2D eigenvalue weighted by molar-refractivity contribution is 6.51. The molecule has 0 aromatic heterocycles. The van der Waals surface area contributed by atoms with Gasteiger partial charge in [-0.3, -0.25) is 4.79 Å². The minimum absolute atomic E-state index is 0.0650. The molecule has 2 rings (SSSR count). The van der Waals surface area contributed by atoms with Crippen LogP contribution in [0, 0.1) is 5.82 Å². The molecule has 1 fully saturated rings. The summed E-state index contributed by atoms with van der Waals surface area (Å²) in [4.78, 5) is 12.1. The van der Waals surface area contributed by atoms with E-state index in [0.29, 0.717) is 5.56 Å². The summed E-state index contributed by atoms with van der Waals surface area (Å²) in [5.74, 6) is -0.732. The Morgan fingerprint density at radius 3 is 2.30 bits per heavy atom. The predicted molar refractivity (Wildman–Crippen MR) is 76.6 cm³/mol. The van der Waals surface area contributed by atoms with Crippen molar-refractivity contribution in [1.29, 1.82) is 0 Å². The molecular formula is C14H17BClFO3. The largest absolute Gasteiger partial charge is 0.465 e. The summed E-state index contributed by atoms with van der Waals surface area (Å²) in [6.45, 7) is 7.69. The average Bonchev–Trinajstić information content (AvgIpc) is 2.50. The molecule has 0 saturated carbocycles. The van der Waals surface area contributed by atoms with E-state index in [4.69, 9.17) is 20.9 Å². The summed E-state index contributed by atoms with van der Waals surface area (Å²) in [6.07, 6.45) is 0.0782. The maximum atomic E-state index is 13.1. The highest BCUT2D eigenvalue weighted by Gasteiger charge is 2.51. The second kappa shape index (κ2) is 5.13. The number of ketones is 1. The average molecular weight is 299 g/mol. The third-order valence-electron chi connectivity index (χ3n) is 3.90. The molecule has 0 bridgehead atoms. The van der Waals surface area contributed by atoms with Crippen LogP contribution in [0.3, 0.4) is 0 Å². The van der Waals surface area contributed by atoms with Crippen molar-refractivity contribution < 1.29 is 18.5 Å². The molecule has 0 spiro atoms. The summed E-state index contributed by atoms with van der Waals surface area (Å²) in [5, 5.41) is -0.0650. The van der Waals surface area contributed by atoms with Gasteiger partial charge >= 0.3 is 7.12 Å². The lowest BCUT2D eigenvalue weighted by molar-refractivity contribution is 0.00578. The summed E-state index contributed by atoms with van der Waals surface area (Å²) >= 11 is 5.68. The fourth-order valence-electron chi connectivity index (χ4n) is 1.99. The number of Topliss-reactive ketones (excluding diaryl/α,β-unsaturated/α-hetero) is 1. The molecule has 0 aliphatic carbocycles. The van der Waals surface area contributed by atoms with Gasteiger partial charge in [0.25, 0.3) is 0 Å². The van der Waals surface area contributed by atoms with Crippen LogP contribution in [0.1, 0.15) is 38.1 Å². The molecule has 20 heavy (non-hydrogen) atoms. The van der Waals surface area contributed by atoms with E-state index in [1.807, 2.05) is 27.7 Å². The molecule has 1 aliphatic rings. The van der Waals surface area contributed by atoms with Crippen LogP contribution >= 0.6 is 11.6 Å². The first-order valence-corrected chi connectivity index (χ1v) is 6.84. The maximum Gasteiger partial charge on any atom is 0.465 e. The van der Waals surface area contributed by atoms with Gasteiger partial charge in [-0.25, -0.2) is 4.39 Å². The molecule has 0 amide bonds. The second-order valence-corrected chi connectivity index (χ2v) is 6.35. The van der Waals surface area contributed by atoms with Gasteiger partial charge in [0.2, 0.25) is 0 Å². The van der Waals surface area contributed by atoms with Gasteiger partial charge < -0.3 is 9.31 Å². The Bertz CT molecular complexity index is 529. The van der Waals surface area contributed by atoms with Crippen molar-refractivity contribution in [2.24, 2.45) is 0 Å². The third kappa shape index (κ3) is 2.90. The predicted octanol–water partition coefficient (Wildman–Crippen LogP) is 3.75. The fourth-order valence-corrected chi connectivity index (χ4v) is 2.17. The van der Waals surface area contributed by atoms with Crippen LogP contribution in [0.4, 0.5) is 4.39 Å². The van der Waals surface area contributed by atoms with Gasteiger partial charge in [-0.1, -0.05) is 11.6 Å². The number of carbonyl (C=O) groups is 1. The minimum Gasteiger partial charge on any atom is -0.403 e. The SMILES string of the molecule is CC1(C)OB(CC(=O)c2ccc(F)c(Cl)c2)OC1(C)C. The number of carbonyl (C=O) groups excluding carboxylic acids is 1. The summed E-state index contributed by atoms with van der Waals surface area (Å²) in [6, 6.07) is 3.92. The van der Waals surface area contributed by atoms with E-state index >= 15 is 0 Å². The lowest BCUT2D eigenvalue weighted by atomic mass is 9.80. The Morgan fingerprint density at radius 2 is 1.80 bits per heavy atom. The first kappa shape index (κ1) is 15.5. The number of rotatable bonds is 3. The summed E-state index contributed by atoms with van der Waals surface area (Å²) in [7, 11) is -0.601. The quantitative estimate of drug-likeness (QED) is 0.630. The first-order chi connectivity index (χ1) is 9.12. The van der Waals surface area contributed by atoms with Crippen LogP contribution in [-0.2, 0) is 9.31 Å². The molecule has 0 N–H and O–H groups in total. The van der Waals surface area contributed by atoms with E-state index in [-0.39, 0.29) is 17.1 Å². The molecule has 0 radical (unpaired) electrons.